The standard InChI is InChI=1S/C11H19BrN4S/c1-4-5-13-11-14-8-9(12)10(15-11)17-7-6-16(2)3/h8H,4-7H2,1-3H3,(H,13,14,15). The molecule has 0 aliphatic rings. The van der Waals surface area contributed by atoms with E-state index in [0.29, 0.717) is 5.95 Å². The molecule has 1 aromatic rings. The number of nitrogens with zero attached hydrogens (tertiary/aromatic N) is 3. The maximum atomic E-state index is 4.48. The molecule has 1 aromatic heterocycles. The predicted molar refractivity (Wildman–Crippen MR) is 77.8 cm³/mol. The summed E-state index contributed by atoms with van der Waals surface area (Å²) in [7, 11) is 4.15. The molecule has 0 amide bonds. The second-order valence-electron chi connectivity index (χ2n) is 3.93. The van der Waals surface area contributed by atoms with Crippen LogP contribution in [0.25, 0.3) is 0 Å². The van der Waals surface area contributed by atoms with E-state index < -0.39 is 0 Å². The summed E-state index contributed by atoms with van der Waals surface area (Å²) in [5, 5.41) is 4.19. The average Bonchev–Trinajstić information content (AvgIpc) is 2.29. The van der Waals surface area contributed by atoms with Gasteiger partial charge in [0, 0.05) is 25.0 Å². The Morgan fingerprint density at radius 1 is 1.47 bits per heavy atom. The third-order valence-electron chi connectivity index (χ3n) is 2.02. The topological polar surface area (TPSA) is 41.1 Å². The smallest absolute Gasteiger partial charge is 0.223 e. The third kappa shape index (κ3) is 5.70. The van der Waals surface area contributed by atoms with E-state index in [1.165, 1.54) is 0 Å². The quantitative estimate of drug-likeness (QED) is 0.618. The first-order valence-electron chi connectivity index (χ1n) is 5.67. The van der Waals surface area contributed by atoms with E-state index in [1.54, 1.807) is 11.8 Å². The molecule has 6 heteroatoms. The Kier molecular flexibility index (Phi) is 6.84. The molecule has 0 saturated heterocycles. The Balaban J connectivity index is 2.56. The molecule has 0 spiro atoms. The van der Waals surface area contributed by atoms with E-state index in [-0.39, 0.29) is 0 Å². The fourth-order valence-electron chi connectivity index (χ4n) is 1.10. The van der Waals surface area contributed by atoms with Crippen LogP contribution in [0.3, 0.4) is 0 Å². The maximum Gasteiger partial charge on any atom is 0.223 e. The fourth-order valence-corrected chi connectivity index (χ4v) is 2.63. The molecule has 0 bridgehead atoms. The van der Waals surface area contributed by atoms with E-state index in [0.717, 1.165) is 34.8 Å². The Morgan fingerprint density at radius 3 is 2.88 bits per heavy atom. The molecule has 1 heterocycles. The normalized spacial score (nSPS) is 10.9. The second-order valence-corrected chi connectivity index (χ2v) is 5.86. The number of rotatable bonds is 7. The number of aromatic nitrogens is 2. The molecule has 0 aliphatic heterocycles. The van der Waals surface area contributed by atoms with Crippen molar-refractivity contribution >= 4 is 33.6 Å². The molecule has 0 aliphatic carbocycles. The van der Waals surface area contributed by atoms with Crippen LogP contribution in [0.1, 0.15) is 13.3 Å². The monoisotopic (exact) mass is 318 g/mol. The fraction of sp³-hybridized carbons (Fsp3) is 0.636. The number of anilines is 1. The third-order valence-corrected chi connectivity index (χ3v) is 3.84. The van der Waals surface area contributed by atoms with Gasteiger partial charge in [-0.2, -0.15) is 0 Å². The largest absolute Gasteiger partial charge is 0.354 e. The van der Waals surface area contributed by atoms with Crippen LogP contribution in [0.15, 0.2) is 15.7 Å². The van der Waals surface area contributed by atoms with Crippen molar-refractivity contribution in [2.75, 3.05) is 38.3 Å². The van der Waals surface area contributed by atoms with Crippen LogP contribution < -0.4 is 5.32 Å². The molecular formula is C11H19BrN4S. The van der Waals surface area contributed by atoms with Gasteiger partial charge in [0.25, 0.3) is 0 Å². The minimum absolute atomic E-state index is 0.711. The van der Waals surface area contributed by atoms with Gasteiger partial charge in [-0.3, -0.25) is 0 Å². The summed E-state index contributed by atoms with van der Waals surface area (Å²) >= 11 is 5.22. The zero-order valence-corrected chi connectivity index (χ0v) is 12.9. The van der Waals surface area contributed by atoms with Crippen LogP contribution in [-0.2, 0) is 0 Å². The molecule has 0 fully saturated rings. The van der Waals surface area contributed by atoms with Crippen LogP contribution in [0.2, 0.25) is 0 Å². The van der Waals surface area contributed by atoms with Gasteiger partial charge in [0.15, 0.2) is 0 Å². The second kappa shape index (κ2) is 7.89. The van der Waals surface area contributed by atoms with Gasteiger partial charge in [0.05, 0.1) is 4.47 Å². The van der Waals surface area contributed by atoms with E-state index in [4.69, 9.17) is 0 Å². The summed E-state index contributed by atoms with van der Waals surface area (Å²) in [5.41, 5.74) is 0. The van der Waals surface area contributed by atoms with Gasteiger partial charge in [-0.05, 0) is 36.4 Å². The molecule has 1 rings (SSSR count). The van der Waals surface area contributed by atoms with Crippen molar-refractivity contribution in [1.29, 1.82) is 0 Å². The zero-order valence-electron chi connectivity index (χ0n) is 10.5. The number of thioether (sulfide) groups is 1. The summed E-state index contributed by atoms with van der Waals surface area (Å²) in [6, 6.07) is 0. The Labute approximate surface area is 116 Å². The average molecular weight is 319 g/mol. The van der Waals surface area contributed by atoms with Crippen molar-refractivity contribution in [1.82, 2.24) is 14.9 Å². The highest BCUT2D eigenvalue weighted by atomic mass is 79.9. The summed E-state index contributed by atoms with van der Waals surface area (Å²) < 4.78 is 0.961. The Hall–Kier alpha value is -0.330. The van der Waals surface area contributed by atoms with Crippen LogP contribution in [0.5, 0.6) is 0 Å². The van der Waals surface area contributed by atoms with Crippen LogP contribution in [0.4, 0.5) is 5.95 Å². The summed E-state index contributed by atoms with van der Waals surface area (Å²) in [5.74, 6) is 1.73. The number of halogens is 1. The van der Waals surface area contributed by atoms with E-state index in [1.807, 2.05) is 6.20 Å². The molecule has 4 nitrogen and oxygen atoms in total. The van der Waals surface area contributed by atoms with Crippen molar-refractivity contribution in [2.45, 2.75) is 18.4 Å². The molecular weight excluding hydrogens is 300 g/mol. The molecule has 0 atom stereocenters. The lowest BCUT2D eigenvalue weighted by Gasteiger charge is -2.10. The molecule has 0 saturated carbocycles. The molecule has 17 heavy (non-hydrogen) atoms. The zero-order chi connectivity index (χ0) is 12.7. The maximum absolute atomic E-state index is 4.48. The lowest BCUT2D eigenvalue weighted by atomic mass is 10.5. The Morgan fingerprint density at radius 2 is 2.24 bits per heavy atom. The molecule has 0 aromatic carbocycles. The van der Waals surface area contributed by atoms with Gasteiger partial charge in [-0.15, -0.1) is 11.8 Å². The first-order chi connectivity index (χ1) is 8.13. The lowest BCUT2D eigenvalue weighted by Crippen LogP contribution is -2.15. The van der Waals surface area contributed by atoms with Crippen molar-refractivity contribution in [3.05, 3.63) is 10.7 Å². The summed E-state index contributed by atoms with van der Waals surface area (Å²) in [6.45, 7) is 4.07. The van der Waals surface area contributed by atoms with E-state index in [9.17, 15) is 0 Å². The number of nitrogens with one attached hydrogen (secondary N) is 1. The summed E-state index contributed by atoms with van der Waals surface area (Å²) in [4.78, 5) is 10.9. The highest BCUT2D eigenvalue weighted by Gasteiger charge is 2.05. The molecule has 0 radical (unpaired) electrons. The molecule has 0 unspecified atom stereocenters. The van der Waals surface area contributed by atoms with Crippen molar-refractivity contribution in [2.24, 2.45) is 0 Å². The van der Waals surface area contributed by atoms with Crippen molar-refractivity contribution in [3.8, 4) is 0 Å². The van der Waals surface area contributed by atoms with Crippen LogP contribution in [-0.4, -0.2) is 47.8 Å². The minimum atomic E-state index is 0.711. The van der Waals surface area contributed by atoms with Crippen molar-refractivity contribution < 1.29 is 0 Å². The van der Waals surface area contributed by atoms with Gasteiger partial charge in [-0.25, -0.2) is 9.97 Å². The van der Waals surface area contributed by atoms with Gasteiger partial charge in [0.2, 0.25) is 5.95 Å². The van der Waals surface area contributed by atoms with Crippen molar-refractivity contribution in [3.63, 3.8) is 0 Å². The lowest BCUT2D eigenvalue weighted by molar-refractivity contribution is 0.437. The SMILES string of the molecule is CCCNc1ncc(Br)c(SCCN(C)C)n1. The van der Waals surface area contributed by atoms with E-state index in [2.05, 4.69) is 57.1 Å². The van der Waals surface area contributed by atoms with Gasteiger partial charge in [-0.1, -0.05) is 6.92 Å². The first kappa shape index (κ1) is 14.7. The molecule has 1 N–H and O–H groups in total. The van der Waals surface area contributed by atoms with Crippen LogP contribution >= 0.6 is 27.7 Å². The van der Waals surface area contributed by atoms with Gasteiger partial charge >= 0.3 is 0 Å². The highest BCUT2D eigenvalue weighted by molar-refractivity contribution is 9.10. The minimum Gasteiger partial charge on any atom is -0.354 e. The Bertz CT molecular complexity index is 346. The van der Waals surface area contributed by atoms with E-state index >= 15 is 0 Å². The number of hydrogen-bond acceptors (Lipinski definition) is 5. The summed E-state index contributed by atoms with van der Waals surface area (Å²) in [6.07, 6.45) is 2.88. The van der Waals surface area contributed by atoms with Gasteiger partial charge in [0.1, 0.15) is 5.03 Å². The van der Waals surface area contributed by atoms with Gasteiger partial charge < -0.3 is 10.2 Å². The number of hydrogen-bond donors (Lipinski definition) is 1. The highest BCUT2D eigenvalue weighted by Crippen LogP contribution is 2.25. The molecule has 96 valence electrons. The van der Waals surface area contributed by atoms with Crippen LogP contribution in [0, 0.1) is 0 Å². The predicted octanol–water partition coefficient (Wildman–Crippen LogP) is 2.71. The first-order valence-corrected chi connectivity index (χ1v) is 7.45.